The van der Waals surface area contributed by atoms with Crippen molar-refractivity contribution in [1.29, 1.82) is 0 Å². The second-order valence-electron chi connectivity index (χ2n) is 8.33. The quantitative estimate of drug-likeness (QED) is 0.532. The molecule has 1 fully saturated rings. The average molecular weight is 431 g/mol. The summed E-state index contributed by atoms with van der Waals surface area (Å²) in [6, 6.07) is 14.4. The van der Waals surface area contributed by atoms with Crippen LogP contribution in [0.25, 0.3) is 10.9 Å². The molecule has 1 aliphatic carbocycles. The molecule has 4 rings (SSSR count). The lowest BCUT2D eigenvalue weighted by atomic mass is 9.90. The third kappa shape index (κ3) is 4.75. The zero-order chi connectivity index (χ0) is 22.7. The van der Waals surface area contributed by atoms with Gasteiger partial charge in [-0.3, -0.25) is 19.0 Å². The highest BCUT2D eigenvalue weighted by Crippen LogP contribution is 2.28. The highest BCUT2D eigenvalue weighted by Gasteiger charge is 2.28. The fourth-order valence-electron chi connectivity index (χ4n) is 4.20. The molecular weight excluding hydrogens is 404 g/mol. The fraction of sp³-hybridized carbons (Fsp3) is 0.308. The molecule has 2 aromatic carbocycles. The number of hydrogen-bond acceptors (Lipinski definition) is 5. The Morgan fingerprint density at radius 1 is 1.16 bits per heavy atom. The van der Waals surface area contributed by atoms with Crippen molar-refractivity contribution in [1.82, 2.24) is 9.55 Å². The van der Waals surface area contributed by atoms with E-state index in [9.17, 15) is 14.4 Å². The molecule has 32 heavy (non-hydrogen) atoms. The molecule has 0 amide bonds. The summed E-state index contributed by atoms with van der Waals surface area (Å²) in [6.07, 6.45) is 1.74. The second kappa shape index (κ2) is 9.40. The predicted molar refractivity (Wildman–Crippen MR) is 123 cm³/mol. The number of carbonyl (C=O) groups is 2. The Hall–Kier alpha value is -3.38. The van der Waals surface area contributed by atoms with Crippen molar-refractivity contribution >= 4 is 22.5 Å². The van der Waals surface area contributed by atoms with Crippen LogP contribution in [-0.4, -0.2) is 27.7 Å². The van der Waals surface area contributed by atoms with E-state index in [4.69, 9.17) is 4.74 Å². The first-order valence-corrected chi connectivity index (χ1v) is 10.8. The maximum absolute atomic E-state index is 13.3. The number of aromatic nitrogens is 2. The van der Waals surface area contributed by atoms with Gasteiger partial charge in [0, 0.05) is 12.8 Å². The van der Waals surface area contributed by atoms with Crippen molar-refractivity contribution < 1.29 is 14.3 Å². The van der Waals surface area contributed by atoms with Crippen molar-refractivity contribution in [3.05, 3.63) is 88.0 Å². The monoisotopic (exact) mass is 430 g/mol. The van der Waals surface area contributed by atoms with Gasteiger partial charge in [0.05, 0.1) is 23.6 Å². The number of Topliss-reactive ketones (excluding diaryl/α,β-unsaturated/α-hetero) is 2. The SMILES string of the molecule is C=C1CCC(n2c(C)nc3ccc(CC(=O)COCc4ccccc4)cc3c2=O)C(=O)C1. The standard InChI is InChI=1S/C26H26N2O4/c1-17-8-11-24(25(30)12-17)28-18(2)27-23-10-9-20(14-22(23)26(28)31)13-21(29)16-32-15-19-6-4-3-5-7-19/h3-7,9-10,14,24H,1,8,11-13,15-16H2,2H3. The van der Waals surface area contributed by atoms with E-state index in [1.807, 2.05) is 36.4 Å². The van der Waals surface area contributed by atoms with Crippen LogP contribution >= 0.6 is 0 Å². The van der Waals surface area contributed by atoms with Crippen molar-refractivity contribution in [2.24, 2.45) is 0 Å². The topological polar surface area (TPSA) is 78.3 Å². The Bertz CT molecular complexity index is 1240. The Morgan fingerprint density at radius 2 is 1.94 bits per heavy atom. The molecule has 0 N–H and O–H groups in total. The zero-order valence-corrected chi connectivity index (χ0v) is 18.2. The number of rotatable bonds is 7. The summed E-state index contributed by atoms with van der Waals surface area (Å²) >= 11 is 0. The van der Waals surface area contributed by atoms with Crippen LogP contribution in [0.15, 0.2) is 65.5 Å². The number of ketones is 2. The van der Waals surface area contributed by atoms with E-state index in [0.717, 1.165) is 23.1 Å². The minimum atomic E-state index is -0.512. The van der Waals surface area contributed by atoms with Gasteiger partial charge in [-0.15, -0.1) is 0 Å². The number of ether oxygens (including phenoxy) is 1. The smallest absolute Gasteiger partial charge is 0.262 e. The number of hydrogen-bond donors (Lipinski definition) is 0. The first-order chi connectivity index (χ1) is 15.4. The van der Waals surface area contributed by atoms with Crippen LogP contribution in [0.5, 0.6) is 0 Å². The third-order valence-electron chi connectivity index (χ3n) is 5.80. The Labute approximate surface area is 186 Å². The minimum Gasteiger partial charge on any atom is -0.369 e. The van der Waals surface area contributed by atoms with Crippen LogP contribution < -0.4 is 5.56 Å². The zero-order valence-electron chi connectivity index (χ0n) is 18.2. The van der Waals surface area contributed by atoms with Crippen LogP contribution in [0, 0.1) is 6.92 Å². The van der Waals surface area contributed by atoms with E-state index in [-0.39, 0.29) is 30.2 Å². The predicted octanol–water partition coefficient (Wildman–Crippen LogP) is 3.88. The summed E-state index contributed by atoms with van der Waals surface area (Å²) < 4.78 is 7.03. The van der Waals surface area contributed by atoms with Gasteiger partial charge in [-0.25, -0.2) is 4.98 Å². The van der Waals surface area contributed by atoms with Gasteiger partial charge in [-0.2, -0.15) is 0 Å². The molecule has 0 aliphatic heterocycles. The molecule has 1 heterocycles. The Balaban J connectivity index is 1.51. The summed E-state index contributed by atoms with van der Waals surface area (Å²) in [4.78, 5) is 42.8. The molecule has 1 atom stereocenters. The van der Waals surface area contributed by atoms with E-state index in [1.54, 1.807) is 19.1 Å². The van der Waals surface area contributed by atoms with Gasteiger partial charge < -0.3 is 4.74 Å². The summed E-state index contributed by atoms with van der Waals surface area (Å²) in [5.74, 6) is 0.447. The normalized spacial score (nSPS) is 16.5. The lowest BCUT2D eigenvalue weighted by Gasteiger charge is -2.25. The number of allylic oxidation sites excluding steroid dienone is 1. The van der Waals surface area contributed by atoms with Gasteiger partial charge in [0.25, 0.3) is 5.56 Å². The number of nitrogens with zero attached hydrogens (tertiary/aromatic N) is 2. The van der Waals surface area contributed by atoms with Crippen molar-refractivity contribution in [2.45, 2.75) is 45.3 Å². The van der Waals surface area contributed by atoms with E-state index >= 15 is 0 Å². The van der Waals surface area contributed by atoms with Crippen molar-refractivity contribution in [3.63, 3.8) is 0 Å². The van der Waals surface area contributed by atoms with Crippen LogP contribution in [0.2, 0.25) is 0 Å². The van der Waals surface area contributed by atoms with Gasteiger partial charge in [-0.05, 0) is 43.0 Å². The summed E-state index contributed by atoms with van der Waals surface area (Å²) in [7, 11) is 0. The Morgan fingerprint density at radius 3 is 2.69 bits per heavy atom. The largest absolute Gasteiger partial charge is 0.369 e. The second-order valence-corrected chi connectivity index (χ2v) is 8.33. The van der Waals surface area contributed by atoms with Crippen LogP contribution in [-0.2, 0) is 27.4 Å². The molecule has 1 aromatic heterocycles. The van der Waals surface area contributed by atoms with Gasteiger partial charge >= 0.3 is 0 Å². The van der Waals surface area contributed by atoms with Gasteiger partial charge in [0.15, 0.2) is 11.6 Å². The molecular formula is C26H26N2O4. The summed E-state index contributed by atoms with van der Waals surface area (Å²) in [5, 5.41) is 0.420. The highest BCUT2D eigenvalue weighted by atomic mass is 16.5. The number of fused-ring (bicyclic) bond motifs is 1. The van der Waals surface area contributed by atoms with E-state index in [1.165, 1.54) is 4.57 Å². The molecule has 6 heteroatoms. The van der Waals surface area contributed by atoms with E-state index in [0.29, 0.717) is 36.2 Å². The maximum Gasteiger partial charge on any atom is 0.262 e. The number of benzene rings is 2. The van der Waals surface area contributed by atoms with Crippen LogP contribution in [0.1, 0.15) is 42.3 Å². The molecule has 3 aromatic rings. The summed E-state index contributed by atoms with van der Waals surface area (Å²) in [5.41, 5.74) is 2.96. The lowest BCUT2D eigenvalue weighted by molar-refractivity contribution is -0.123. The fourth-order valence-corrected chi connectivity index (χ4v) is 4.20. The van der Waals surface area contributed by atoms with Crippen molar-refractivity contribution in [3.8, 4) is 0 Å². The van der Waals surface area contributed by atoms with E-state index < -0.39 is 6.04 Å². The molecule has 0 saturated heterocycles. The van der Waals surface area contributed by atoms with Crippen molar-refractivity contribution in [2.75, 3.05) is 6.61 Å². The third-order valence-corrected chi connectivity index (χ3v) is 5.80. The van der Waals surface area contributed by atoms with Gasteiger partial charge in [0.1, 0.15) is 12.4 Å². The molecule has 1 aliphatic rings. The molecule has 1 unspecified atom stereocenters. The first kappa shape index (κ1) is 21.8. The van der Waals surface area contributed by atoms with Gasteiger partial charge in [-0.1, -0.05) is 48.6 Å². The lowest BCUT2D eigenvalue weighted by Crippen LogP contribution is -2.34. The average Bonchev–Trinajstić information content (AvgIpc) is 2.76. The highest BCUT2D eigenvalue weighted by molar-refractivity contribution is 5.87. The molecule has 1 saturated carbocycles. The summed E-state index contributed by atoms with van der Waals surface area (Å²) in [6.45, 7) is 6.03. The minimum absolute atomic E-state index is 0.00374. The van der Waals surface area contributed by atoms with E-state index in [2.05, 4.69) is 11.6 Å². The first-order valence-electron chi connectivity index (χ1n) is 10.8. The molecule has 0 spiro atoms. The van der Waals surface area contributed by atoms with Crippen LogP contribution in [0.4, 0.5) is 0 Å². The van der Waals surface area contributed by atoms with Crippen LogP contribution in [0.3, 0.4) is 0 Å². The Kier molecular flexibility index (Phi) is 6.42. The number of aryl methyl sites for hydroxylation is 1. The molecule has 0 radical (unpaired) electrons. The molecule has 0 bridgehead atoms. The van der Waals surface area contributed by atoms with Gasteiger partial charge in [0.2, 0.25) is 0 Å². The maximum atomic E-state index is 13.3. The number of carbonyl (C=O) groups excluding carboxylic acids is 2. The molecule has 164 valence electrons. The molecule has 6 nitrogen and oxygen atoms in total.